The van der Waals surface area contributed by atoms with Gasteiger partial charge in [-0.05, 0) is 43.4 Å². The van der Waals surface area contributed by atoms with E-state index in [0.717, 1.165) is 12.0 Å². The number of alkyl halides is 3. The van der Waals surface area contributed by atoms with Crippen LogP contribution in [0.25, 0.3) is 10.4 Å². The molecule has 4 rings (SSSR count). The van der Waals surface area contributed by atoms with E-state index in [1.807, 2.05) is 11.4 Å². The summed E-state index contributed by atoms with van der Waals surface area (Å²) in [4.78, 5) is 31.2. The number of likely N-dealkylation sites (tertiary alicyclic amines) is 1. The molecule has 2 heterocycles. The van der Waals surface area contributed by atoms with Crippen LogP contribution in [0.15, 0.2) is 24.3 Å². The van der Waals surface area contributed by atoms with E-state index in [1.54, 1.807) is 30.0 Å². The number of thiazole rings is 1. The first-order chi connectivity index (χ1) is 13.6. The van der Waals surface area contributed by atoms with Crippen LogP contribution >= 0.6 is 22.9 Å². The molecule has 2 fully saturated rings. The first-order valence-corrected chi connectivity index (χ1v) is 10.3. The van der Waals surface area contributed by atoms with Gasteiger partial charge in [0, 0.05) is 17.6 Å². The fourth-order valence-corrected chi connectivity index (χ4v) is 4.99. The zero-order chi connectivity index (χ0) is 20.9. The standard InChI is InChI=1S/C19H17ClF3N3O2S/c1-9-25-15(16(29-9)10-3-2-4-12(20)5-10)17(27)26-13(6-11-7-14(11)26)8-24-18(28)19(21,22)23/h2-5,11,13-14H,6-8H2,1H3,(H,24,28)/t11-,13-,14-/m0/s1. The predicted octanol–water partition coefficient (Wildman–Crippen LogP) is 4.05. The van der Waals surface area contributed by atoms with Crippen molar-refractivity contribution in [3.05, 3.63) is 40.0 Å². The van der Waals surface area contributed by atoms with Crippen molar-refractivity contribution in [3.8, 4) is 10.4 Å². The van der Waals surface area contributed by atoms with Crippen LogP contribution in [0.4, 0.5) is 13.2 Å². The number of nitrogens with zero attached hydrogens (tertiary/aromatic N) is 2. The Kier molecular flexibility index (Phi) is 5.06. The number of fused-ring (bicyclic) bond motifs is 1. The lowest BCUT2D eigenvalue weighted by Crippen LogP contribution is -2.48. The van der Waals surface area contributed by atoms with Gasteiger partial charge in [-0.1, -0.05) is 23.7 Å². The number of aryl methyl sites for hydroxylation is 1. The summed E-state index contributed by atoms with van der Waals surface area (Å²) in [5.41, 5.74) is 1.04. The summed E-state index contributed by atoms with van der Waals surface area (Å²) in [5.74, 6) is -2.05. The van der Waals surface area contributed by atoms with Crippen molar-refractivity contribution < 1.29 is 22.8 Å². The summed E-state index contributed by atoms with van der Waals surface area (Å²) in [6, 6.07) is 6.60. The Balaban J connectivity index is 1.58. The molecule has 1 aromatic heterocycles. The van der Waals surface area contributed by atoms with E-state index in [1.165, 1.54) is 11.3 Å². The van der Waals surface area contributed by atoms with E-state index in [-0.39, 0.29) is 30.1 Å². The van der Waals surface area contributed by atoms with Crippen LogP contribution in [0.3, 0.4) is 0 Å². The number of carbonyl (C=O) groups is 2. The van der Waals surface area contributed by atoms with Crippen LogP contribution in [-0.2, 0) is 4.79 Å². The molecule has 1 aliphatic carbocycles. The average Bonchev–Trinajstić information content (AvgIpc) is 3.13. The molecule has 2 amide bonds. The van der Waals surface area contributed by atoms with Crippen molar-refractivity contribution in [1.82, 2.24) is 15.2 Å². The van der Waals surface area contributed by atoms with Gasteiger partial charge >= 0.3 is 12.1 Å². The molecule has 5 nitrogen and oxygen atoms in total. The van der Waals surface area contributed by atoms with Crippen molar-refractivity contribution in [2.75, 3.05) is 6.54 Å². The van der Waals surface area contributed by atoms with Crippen molar-refractivity contribution in [2.24, 2.45) is 5.92 Å². The van der Waals surface area contributed by atoms with Crippen molar-refractivity contribution in [3.63, 3.8) is 0 Å². The molecule has 154 valence electrons. The fourth-order valence-electron chi connectivity index (χ4n) is 3.89. The Hall–Kier alpha value is -2.13. The molecule has 0 bridgehead atoms. The van der Waals surface area contributed by atoms with Gasteiger partial charge in [0.15, 0.2) is 0 Å². The minimum Gasteiger partial charge on any atom is -0.346 e. The van der Waals surface area contributed by atoms with Gasteiger partial charge in [-0.3, -0.25) is 9.59 Å². The number of hydrogen-bond donors (Lipinski definition) is 1. The molecule has 2 aliphatic rings. The highest BCUT2D eigenvalue weighted by Crippen LogP contribution is 2.48. The van der Waals surface area contributed by atoms with Gasteiger partial charge in [0.25, 0.3) is 5.91 Å². The number of aromatic nitrogens is 1. The number of carbonyl (C=O) groups excluding carboxylic acids is 2. The van der Waals surface area contributed by atoms with Gasteiger partial charge in [-0.25, -0.2) is 4.98 Å². The summed E-state index contributed by atoms with van der Waals surface area (Å²) in [5, 5.41) is 3.14. The molecule has 1 N–H and O–H groups in total. The summed E-state index contributed by atoms with van der Waals surface area (Å²) >= 11 is 7.44. The molecule has 1 saturated carbocycles. The molecule has 1 saturated heterocycles. The zero-order valence-corrected chi connectivity index (χ0v) is 16.9. The quantitative estimate of drug-likeness (QED) is 0.775. The van der Waals surface area contributed by atoms with Gasteiger partial charge in [0.05, 0.1) is 15.9 Å². The van der Waals surface area contributed by atoms with Crippen LogP contribution in [0, 0.1) is 12.8 Å². The molecule has 0 radical (unpaired) electrons. The molecule has 1 aromatic carbocycles. The Morgan fingerprint density at radius 2 is 2.10 bits per heavy atom. The molecule has 0 spiro atoms. The highest BCUT2D eigenvalue weighted by atomic mass is 35.5. The maximum atomic E-state index is 13.3. The summed E-state index contributed by atoms with van der Waals surface area (Å²) in [7, 11) is 0. The van der Waals surface area contributed by atoms with Crippen molar-refractivity contribution in [1.29, 1.82) is 0 Å². The third-order valence-corrected chi connectivity index (χ3v) is 6.48. The van der Waals surface area contributed by atoms with E-state index < -0.39 is 18.1 Å². The van der Waals surface area contributed by atoms with E-state index in [0.29, 0.717) is 21.3 Å². The SMILES string of the molecule is Cc1nc(C(=O)N2[C@H](CNC(=O)C(F)(F)F)C[C@H]3C[C@@H]32)c(-c2cccc(Cl)c2)s1. The van der Waals surface area contributed by atoms with Gasteiger partial charge in [0.1, 0.15) is 5.69 Å². The second-order valence-electron chi connectivity index (χ2n) is 7.29. The normalized spacial score (nSPS) is 23.1. The maximum Gasteiger partial charge on any atom is 0.471 e. The minimum atomic E-state index is -4.94. The molecule has 2 aromatic rings. The highest BCUT2D eigenvalue weighted by Gasteiger charge is 2.54. The lowest BCUT2D eigenvalue weighted by molar-refractivity contribution is -0.173. The summed E-state index contributed by atoms with van der Waals surface area (Å²) in [6.07, 6.45) is -3.54. The number of halogens is 4. The minimum absolute atomic E-state index is 0.00972. The van der Waals surface area contributed by atoms with Gasteiger partial charge < -0.3 is 10.2 Å². The number of rotatable bonds is 4. The highest BCUT2D eigenvalue weighted by molar-refractivity contribution is 7.15. The van der Waals surface area contributed by atoms with E-state index in [4.69, 9.17) is 11.6 Å². The monoisotopic (exact) mass is 443 g/mol. The maximum absolute atomic E-state index is 13.3. The Labute approximate surface area is 173 Å². The third kappa shape index (κ3) is 3.98. The van der Waals surface area contributed by atoms with Crippen LogP contribution in [0.5, 0.6) is 0 Å². The lowest BCUT2D eigenvalue weighted by Gasteiger charge is -2.27. The number of amides is 2. The lowest BCUT2D eigenvalue weighted by atomic mass is 10.1. The smallest absolute Gasteiger partial charge is 0.346 e. The molecule has 10 heteroatoms. The predicted molar refractivity (Wildman–Crippen MR) is 103 cm³/mol. The van der Waals surface area contributed by atoms with Crippen LogP contribution < -0.4 is 5.32 Å². The molecule has 29 heavy (non-hydrogen) atoms. The third-order valence-electron chi connectivity index (χ3n) is 5.22. The first kappa shape index (κ1) is 20.2. The second-order valence-corrected chi connectivity index (χ2v) is 8.93. The van der Waals surface area contributed by atoms with Crippen molar-refractivity contribution in [2.45, 2.75) is 38.0 Å². The molecule has 1 aliphatic heterocycles. The van der Waals surface area contributed by atoms with E-state index in [2.05, 4.69) is 4.98 Å². The van der Waals surface area contributed by atoms with Crippen molar-refractivity contribution >= 4 is 34.8 Å². The Morgan fingerprint density at radius 1 is 1.34 bits per heavy atom. The Bertz CT molecular complexity index is 978. The number of nitrogens with one attached hydrogen (secondary N) is 1. The summed E-state index contributed by atoms with van der Waals surface area (Å²) in [6.45, 7) is 1.56. The molecular weight excluding hydrogens is 427 g/mol. The molecule has 3 atom stereocenters. The average molecular weight is 444 g/mol. The van der Waals surface area contributed by atoms with Crippen LogP contribution in [-0.4, -0.2) is 46.5 Å². The Morgan fingerprint density at radius 3 is 2.79 bits per heavy atom. The number of piperidine rings is 1. The van der Waals surface area contributed by atoms with E-state index >= 15 is 0 Å². The second kappa shape index (κ2) is 7.28. The zero-order valence-electron chi connectivity index (χ0n) is 15.3. The summed E-state index contributed by atoms with van der Waals surface area (Å²) < 4.78 is 37.5. The van der Waals surface area contributed by atoms with E-state index in [9.17, 15) is 22.8 Å². The van der Waals surface area contributed by atoms with Gasteiger partial charge in [-0.15, -0.1) is 11.3 Å². The van der Waals surface area contributed by atoms with Gasteiger partial charge in [-0.2, -0.15) is 13.2 Å². The fraction of sp³-hybridized carbons (Fsp3) is 0.421. The number of hydrogen-bond acceptors (Lipinski definition) is 4. The van der Waals surface area contributed by atoms with Gasteiger partial charge in [0.2, 0.25) is 0 Å². The molecular formula is C19H17ClF3N3O2S. The molecule has 0 unspecified atom stereocenters. The topological polar surface area (TPSA) is 62.3 Å². The first-order valence-electron chi connectivity index (χ1n) is 9.06. The van der Waals surface area contributed by atoms with Crippen LogP contribution in [0.1, 0.15) is 28.3 Å². The van der Waals surface area contributed by atoms with Crippen LogP contribution in [0.2, 0.25) is 5.02 Å². The number of benzene rings is 1. The largest absolute Gasteiger partial charge is 0.471 e.